The molecule has 0 bridgehead atoms. The van der Waals surface area contributed by atoms with Gasteiger partial charge in [-0.25, -0.2) is 9.37 Å². The Labute approximate surface area is 266 Å². The Morgan fingerprint density at radius 3 is 2.15 bits per heavy atom. The van der Waals surface area contributed by atoms with E-state index >= 15 is 0 Å². The van der Waals surface area contributed by atoms with Crippen LogP contribution in [-0.4, -0.2) is 58.3 Å². The first-order chi connectivity index (χ1) is 19.5. The van der Waals surface area contributed by atoms with Crippen molar-refractivity contribution in [3.05, 3.63) is 95.3 Å². The number of nitrogens with zero attached hydrogens (tertiary/aromatic N) is 4. The van der Waals surface area contributed by atoms with Gasteiger partial charge in [0.05, 0.1) is 17.6 Å². The van der Waals surface area contributed by atoms with Crippen LogP contribution >= 0.6 is 0 Å². The maximum atomic E-state index is 13.5. The summed E-state index contributed by atoms with van der Waals surface area (Å²) in [6, 6.07) is 23.9. The first kappa shape index (κ1) is 31.2. The minimum Gasteiger partial charge on any atom is -1.00 e. The molecule has 1 aliphatic heterocycles. The van der Waals surface area contributed by atoms with Crippen LogP contribution in [0.5, 0.6) is 0 Å². The van der Waals surface area contributed by atoms with Gasteiger partial charge < -0.3 is 20.9 Å². The maximum Gasteiger partial charge on any atom is 1.00 e. The number of fused-ring (bicyclic) bond motifs is 1. The zero-order chi connectivity index (χ0) is 27.7. The van der Waals surface area contributed by atoms with Crippen LogP contribution in [0.3, 0.4) is 0 Å². The fraction of sp³-hybridized carbons (Fsp3) is 0.394. The number of carbonyl (C=O) groups is 1. The number of rotatable bonds is 11. The topological polar surface area (TPSA) is 61.6 Å². The van der Waals surface area contributed by atoms with E-state index in [0.717, 1.165) is 93.8 Å². The van der Waals surface area contributed by atoms with Crippen molar-refractivity contribution in [1.82, 2.24) is 14.5 Å². The summed E-state index contributed by atoms with van der Waals surface area (Å²) >= 11 is 0. The van der Waals surface area contributed by atoms with E-state index in [0.29, 0.717) is 6.54 Å². The molecule has 8 heteroatoms. The molecule has 0 atom stereocenters. The van der Waals surface area contributed by atoms with Crippen molar-refractivity contribution in [2.75, 3.05) is 37.6 Å². The fourth-order valence-electron chi connectivity index (χ4n) is 5.62. The summed E-state index contributed by atoms with van der Waals surface area (Å²) in [6.07, 6.45) is 6.03. The van der Waals surface area contributed by atoms with Crippen LogP contribution in [0.4, 0.5) is 10.3 Å². The molecule has 1 aliphatic rings. The number of aromatic nitrogens is 2. The average molecular weight is 567 g/mol. The first-order valence-corrected chi connectivity index (χ1v) is 14.5. The van der Waals surface area contributed by atoms with E-state index in [4.69, 9.17) is 10.1 Å². The normalized spacial score (nSPS) is 14.4. The third kappa shape index (κ3) is 8.89. The van der Waals surface area contributed by atoms with Crippen molar-refractivity contribution in [3.63, 3.8) is 0 Å². The molecule has 1 fully saturated rings. The van der Waals surface area contributed by atoms with Crippen molar-refractivity contribution < 1.29 is 45.3 Å². The second kappa shape index (κ2) is 15.5. The zero-order valence-electron chi connectivity index (χ0n) is 25.1. The van der Waals surface area contributed by atoms with Gasteiger partial charge in [-0.15, -0.1) is 0 Å². The quantitative estimate of drug-likeness (QED) is 0.223. The van der Waals surface area contributed by atoms with Crippen LogP contribution in [-0.2, 0) is 24.2 Å². The number of anilines is 1. The monoisotopic (exact) mass is 566 g/mol. The maximum absolute atomic E-state index is 13.5. The van der Waals surface area contributed by atoms with Gasteiger partial charge in [0, 0.05) is 26.1 Å². The van der Waals surface area contributed by atoms with Crippen LogP contribution in [0.1, 0.15) is 50.2 Å². The standard InChI is InChI=1S/C33H39FN4O2.Na.H/c34-29-17-15-28(16-18-29)25-38-31-9-3-2-8-30(31)35-33(38)37-22-5-20-36(21-6-23-37)24-19-27-13-11-26(12-14-27)7-1-4-10-32(39)40;;/h2-3,8-9,11-18H,1,4-7,10,19-25H2,(H,39,40);;/q;+1;-1. The minimum atomic E-state index is -0.714. The fourth-order valence-corrected chi connectivity index (χ4v) is 5.62. The van der Waals surface area contributed by atoms with Crippen LogP contribution in [0.2, 0.25) is 0 Å². The van der Waals surface area contributed by atoms with Crippen LogP contribution < -0.4 is 34.5 Å². The number of carboxylic acids is 1. The minimum absolute atomic E-state index is 0. The first-order valence-electron chi connectivity index (χ1n) is 14.5. The molecule has 0 radical (unpaired) electrons. The summed E-state index contributed by atoms with van der Waals surface area (Å²) in [4.78, 5) is 20.7. The number of imidazole rings is 1. The van der Waals surface area contributed by atoms with Crippen LogP contribution in [0, 0.1) is 5.82 Å². The summed E-state index contributed by atoms with van der Waals surface area (Å²) < 4.78 is 15.8. The smallest absolute Gasteiger partial charge is 1.00 e. The molecule has 4 aromatic rings. The van der Waals surface area contributed by atoms with Crippen molar-refractivity contribution in [3.8, 4) is 0 Å². The van der Waals surface area contributed by atoms with E-state index in [2.05, 4.69) is 56.8 Å². The van der Waals surface area contributed by atoms with Gasteiger partial charge in [-0.2, -0.15) is 0 Å². The number of benzene rings is 3. The summed E-state index contributed by atoms with van der Waals surface area (Å²) in [5, 5.41) is 8.79. The summed E-state index contributed by atoms with van der Waals surface area (Å²) in [5.41, 5.74) is 5.81. The van der Waals surface area contributed by atoms with Gasteiger partial charge in [-0.3, -0.25) is 4.79 Å². The van der Waals surface area contributed by atoms with Crippen molar-refractivity contribution in [2.24, 2.45) is 0 Å². The largest absolute Gasteiger partial charge is 1.00 e. The number of para-hydroxylation sites is 2. The third-order valence-electron chi connectivity index (χ3n) is 7.82. The number of hydrogen-bond donors (Lipinski definition) is 1. The Balaban J connectivity index is 0.00000242. The van der Waals surface area contributed by atoms with E-state index in [9.17, 15) is 9.18 Å². The molecule has 0 aliphatic carbocycles. The summed E-state index contributed by atoms with van der Waals surface area (Å²) in [6.45, 7) is 5.77. The number of unbranched alkanes of at least 4 members (excludes halogenated alkanes) is 1. The molecule has 1 aromatic heterocycles. The van der Waals surface area contributed by atoms with Gasteiger partial charge in [-0.05, 0) is 92.6 Å². The second-order valence-corrected chi connectivity index (χ2v) is 10.8. The molecular weight excluding hydrogens is 526 g/mol. The van der Waals surface area contributed by atoms with Gasteiger partial charge in [-0.1, -0.05) is 48.5 Å². The van der Waals surface area contributed by atoms with Crippen LogP contribution in [0.25, 0.3) is 11.0 Å². The second-order valence-electron chi connectivity index (χ2n) is 10.8. The van der Waals surface area contributed by atoms with Gasteiger partial charge in [0.15, 0.2) is 0 Å². The predicted octanol–water partition coefficient (Wildman–Crippen LogP) is 3.28. The Kier molecular flexibility index (Phi) is 11.8. The van der Waals surface area contributed by atoms with Gasteiger partial charge >= 0.3 is 35.5 Å². The molecule has 2 heterocycles. The molecule has 1 saturated heterocycles. The third-order valence-corrected chi connectivity index (χ3v) is 7.82. The molecule has 6 nitrogen and oxygen atoms in total. The Hall–Kier alpha value is -2.71. The molecular formula is C33H40FN4NaO2. The van der Waals surface area contributed by atoms with Crippen molar-refractivity contribution in [2.45, 2.75) is 51.5 Å². The SMILES string of the molecule is O=C(O)CCCCc1ccc(CCN2CCCN(c3nc4ccccc4n3Cc3ccc(F)cc3)CCC2)cc1.[H-].[Na+]. The van der Waals surface area contributed by atoms with E-state index in [-0.39, 0.29) is 43.2 Å². The van der Waals surface area contributed by atoms with E-state index in [1.54, 1.807) is 0 Å². The molecule has 0 spiro atoms. The van der Waals surface area contributed by atoms with Gasteiger partial charge in [0.1, 0.15) is 5.82 Å². The number of halogens is 1. The Morgan fingerprint density at radius 2 is 1.46 bits per heavy atom. The van der Waals surface area contributed by atoms with Crippen LogP contribution in [0.15, 0.2) is 72.8 Å². The molecule has 0 saturated carbocycles. The van der Waals surface area contributed by atoms with E-state index in [1.807, 2.05) is 18.2 Å². The average Bonchev–Trinajstić information content (AvgIpc) is 3.30. The Bertz CT molecular complexity index is 1390. The number of aryl methyl sites for hydroxylation is 1. The molecule has 3 aromatic carbocycles. The summed E-state index contributed by atoms with van der Waals surface area (Å²) in [7, 11) is 0. The molecule has 0 amide bonds. The number of carboxylic acid groups (broad SMARTS) is 1. The molecule has 212 valence electrons. The molecule has 41 heavy (non-hydrogen) atoms. The van der Waals surface area contributed by atoms with E-state index < -0.39 is 5.97 Å². The predicted molar refractivity (Wildman–Crippen MR) is 160 cm³/mol. The van der Waals surface area contributed by atoms with E-state index in [1.165, 1.54) is 23.3 Å². The molecule has 0 unspecified atom stereocenters. The van der Waals surface area contributed by atoms with Gasteiger partial charge in [0.25, 0.3) is 0 Å². The molecule has 5 rings (SSSR count). The zero-order valence-corrected chi connectivity index (χ0v) is 26.1. The van der Waals surface area contributed by atoms with Crippen molar-refractivity contribution in [1.29, 1.82) is 0 Å². The van der Waals surface area contributed by atoms with Crippen molar-refractivity contribution >= 4 is 23.0 Å². The summed E-state index contributed by atoms with van der Waals surface area (Å²) in [5.74, 6) is 0.0748. The Morgan fingerprint density at radius 1 is 0.829 bits per heavy atom. The number of aliphatic carboxylic acids is 1. The molecule has 1 N–H and O–H groups in total. The number of hydrogen-bond acceptors (Lipinski definition) is 4. The van der Waals surface area contributed by atoms with Gasteiger partial charge in [0.2, 0.25) is 5.95 Å².